The molecular formula is C65H120N2O7P+. The van der Waals surface area contributed by atoms with Gasteiger partial charge in [0.05, 0.1) is 33.8 Å². The van der Waals surface area contributed by atoms with E-state index in [2.05, 4.69) is 86.8 Å². The molecule has 0 saturated heterocycles. The molecule has 0 radical (unpaired) electrons. The molecule has 0 fully saturated rings. The average molecular weight is 1070 g/mol. The number of nitrogens with zero attached hydrogens (tertiary/aromatic N) is 1. The third-order valence-electron chi connectivity index (χ3n) is 13.6. The number of allylic oxidation sites excluding steroid dienone is 11. The Balaban J connectivity index is 5.24. The molecule has 0 aliphatic carbocycles. The Kier molecular flexibility index (Phi) is 52.9. The number of rotatable bonds is 56. The molecule has 1 amide bonds. The molecule has 0 aromatic rings. The van der Waals surface area contributed by atoms with Gasteiger partial charge in [-0.2, -0.15) is 0 Å². The van der Waals surface area contributed by atoms with Crippen LogP contribution in [0.15, 0.2) is 72.9 Å². The quantitative estimate of drug-likeness (QED) is 0.0205. The number of nitrogens with one attached hydrogen (secondary N) is 1. The summed E-state index contributed by atoms with van der Waals surface area (Å²) in [5, 5.41) is 3.05. The molecule has 9 nitrogen and oxygen atoms in total. The Morgan fingerprint density at radius 2 is 0.813 bits per heavy atom. The number of hydrogen-bond donors (Lipinski definition) is 2. The fraction of sp³-hybridized carbons (Fsp3) is 0.785. The van der Waals surface area contributed by atoms with Crippen molar-refractivity contribution in [3.8, 4) is 0 Å². The van der Waals surface area contributed by atoms with Gasteiger partial charge in [-0.1, -0.05) is 235 Å². The molecular weight excluding hydrogens is 952 g/mol. The standard InChI is InChI=1S/C65H119N2O7P/c1-7-10-13-16-19-22-25-28-30-31-32-33-34-35-36-37-38-39-42-45-48-51-54-57-64(68)66-62(61-73-75(70,71)72-60-59-67(4,5)6)63(56-53-50-47-44-41-27-24-21-18-15-12-9-3)74-65(69)58-55-52-49-46-43-40-29-26-23-20-17-14-11-8-2/h19,22,28,30,32-33,35-36,40,43,53,56,62-63H,7-18,20-21,23-27,29,31,34,37-39,41-42,44-52,54-55,57-61H2,1-6H3,(H-,66,68,70,71)/p+1/b22-19-,30-28-,33-32-,36-35-,43-40-,56-53-. The molecule has 3 atom stereocenters. The number of amides is 1. The molecule has 0 aliphatic rings. The SMILES string of the molecule is CCCCC/C=C\C/C=C\C/C=C\C/C=C\CCCCCCCCCC(=O)NC(COP(=O)(O)OCC[N+](C)(C)C)C(/C=C\CCCCCCCCCCCC)OC(=O)CCCCC/C=C\CCCCCCCCC. The number of ether oxygens (including phenoxy) is 1. The van der Waals surface area contributed by atoms with Gasteiger partial charge in [0.2, 0.25) is 5.91 Å². The molecule has 10 heteroatoms. The predicted molar refractivity (Wildman–Crippen MR) is 323 cm³/mol. The van der Waals surface area contributed by atoms with Gasteiger partial charge in [-0.05, 0) is 102 Å². The number of hydrogen-bond acceptors (Lipinski definition) is 6. The van der Waals surface area contributed by atoms with Crippen molar-refractivity contribution in [2.45, 2.75) is 290 Å². The second-order valence-electron chi connectivity index (χ2n) is 22.2. The third-order valence-corrected chi connectivity index (χ3v) is 14.6. The van der Waals surface area contributed by atoms with Gasteiger partial charge in [0, 0.05) is 12.8 Å². The molecule has 2 N–H and O–H groups in total. The summed E-state index contributed by atoms with van der Waals surface area (Å²) in [7, 11) is 1.48. The van der Waals surface area contributed by atoms with Gasteiger partial charge in [-0.15, -0.1) is 0 Å². The van der Waals surface area contributed by atoms with Crippen molar-refractivity contribution in [2.24, 2.45) is 0 Å². The summed E-state index contributed by atoms with van der Waals surface area (Å²) in [6, 6.07) is -0.862. The maximum absolute atomic E-state index is 13.5. The Hall–Kier alpha value is -2.55. The first-order valence-electron chi connectivity index (χ1n) is 31.3. The van der Waals surface area contributed by atoms with Gasteiger partial charge in [0.15, 0.2) is 0 Å². The first kappa shape index (κ1) is 72.5. The zero-order chi connectivity index (χ0) is 55.0. The molecule has 436 valence electrons. The molecule has 0 aromatic heterocycles. The monoisotopic (exact) mass is 1070 g/mol. The number of likely N-dealkylation sites (N-methyl/N-ethyl adjacent to an activating group) is 1. The number of phosphoric ester groups is 1. The van der Waals surface area contributed by atoms with Gasteiger partial charge < -0.3 is 19.4 Å². The second-order valence-corrected chi connectivity index (χ2v) is 23.7. The number of carbonyl (C=O) groups excluding carboxylic acids is 2. The second kappa shape index (κ2) is 54.8. The highest BCUT2D eigenvalue weighted by atomic mass is 31.2. The van der Waals surface area contributed by atoms with Gasteiger partial charge >= 0.3 is 13.8 Å². The maximum atomic E-state index is 13.5. The van der Waals surface area contributed by atoms with Gasteiger partial charge in [-0.3, -0.25) is 18.6 Å². The van der Waals surface area contributed by atoms with E-state index in [-0.39, 0.29) is 31.5 Å². The van der Waals surface area contributed by atoms with E-state index in [1.165, 1.54) is 141 Å². The molecule has 0 heterocycles. The average Bonchev–Trinajstić information content (AvgIpc) is 3.37. The van der Waals surface area contributed by atoms with E-state index < -0.39 is 20.0 Å². The molecule has 75 heavy (non-hydrogen) atoms. The van der Waals surface area contributed by atoms with E-state index >= 15 is 0 Å². The van der Waals surface area contributed by atoms with Crippen LogP contribution in [0.25, 0.3) is 0 Å². The molecule has 0 bridgehead atoms. The molecule has 0 spiro atoms. The first-order valence-corrected chi connectivity index (χ1v) is 32.8. The minimum Gasteiger partial charge on any atom is -0.456 e. The van der Waals surface area contributed by atoms with Gasteiger partial charge in [0.1, 0.15) is 19.3 Å². The van der Waals surface area contributed by atoms with Crippen LogP contribution >= 0.6 is 7.82 Å². The summed E-state index contributed by atoms with van der Waals surface area (Å²) in [6.07, 6.45) is 70.4. The van der Waals surface area contributed by atoms with Crippen molar-refractivity contribution in [3.63, 3.8) is 0 Å². The topological polar surface area (TPSA) is 111 Å². The lowest BCUT2D eigenvalue weighted by molar-refractivity contribution is -0.870. The number of phosphoric acid groups is 1. The summed E-state index contributed by atoms with van der Waals surface area (Å²) < 4.78 is 30.7. The van der Waals surface area contributed by atoms with Crippen molar-refractivity contribution in [1.29, 1.82) is 0 Å². The number of quaternary nitrogens is 1. The van der Waals surface area contributed by atoms with Crippen LogP contribution in [-0.4, -0.2) is 74.3 Å². The molecule has 0 aliphatic heterocycles. The zero-order valence-corrected chi connectivity index (χ0v) is 50.7. The van der Waals surface area contributed by atoms with Gasteiger partial charge in [-0.25, -0.2) is 4.57 Å². The molecule has 0 rings (SSSR count). The van der Waals surface area contributed by atoms with E-state index in [0.717, 1.165) is 96.3 Å². The van der Waals surface area contributed by atoms with Crippen molar-refractivity contribution in [1.82, 2.24) is 5.32 Å². The van der Waals surface area contributed by atoms with Crippen LogP contribution in [0.4, 0.5) is 0 Å². The lowest BCUT2D eigenvalue weighted by atomic mass is 10.0. The van der Waals surface area contributed by atoms with Crippen LogP contribution in [0.5, 0.6) is 0 Å². The van der Waals surface area contributed by atoms with Crippen molar-refractivity contribution >= 4 is 19.7 Å². The van der Waals surface area contributed by atoms with Crippen LogP contribution in [0.2, 0.25) is 0 Å². The summed E-state index contributed by atoms with van der Waals surface area (Å²) in [5.74, 6) is -0.534. The minimum absolute atomic E-state index is 0.0336. The lowest BCUT2D eigenvalue weighted by Gasteiger charge is -2.27. The van der Waals surface area contributed by atoms with E-state index in [0.29, 0.717) is 23.9 Å². The molecule has 3 unspecified atom stereocenters. The summed E-state index contributed by atoms with van der Waals surface area (Å²) in [6.45, 7) is 6.97. The molecule has 0 saturated carbocycles. The largest absolute Gasteiger partial charge is 0.472 e. The highest BCUT2D eigenvalue weighted by Gasteiger charge is 2.30. The van der Waals surface area contributed by atoms with Crippen molar-refractivity contribution < 1.29 is 37.3 Å². The number of esters is 1. The third kappa shape index (κ3) is 56.0. The number of carbonyl (C=O) groups is 2. The molecule has 0 aromatic carbocycles. The fourth-order valence-electron chi connectivity index (χ4n) is 8.74. The highest BCUT2D eigenvalue weighted by Crippen LogP contribution is 2.43. The van der Waals surface area contributed by atoms with Crippen molar-refractivity contribution in [2.75, 3.05) is 40.9 Å². The summed E-state index contributed by atoms with van der Waals surface area (Å²) in [4.78, 5) is 37.7. The number of unbranched alkanes of at least 4 members (excludes halogenated alkanes) is 30. The van der Waals surface area contributed by atoms with Gasteiger partial charge in [0.25, 0.3) is 0 Å². The van der Waals surface area contributed by atoms with E-state index in [1.54, 1.807) is 0 Å². The van der Waals surface area contributed by atoms with E-state index in [9.17, 15) is 19.0 Å². The van der Waals surface area contributed by atoms with Crippen LogP contribution in [-0.2, 0) is 27.9 Å². The Morgan fingerprint density at radius 3 is 1.27 bits per heavy atom. The summed E-state index contributed by atoms with van der Waals surface area (Å²) in [5.41, 5.74) is 0. The Labute approximate surface area is 463 Å². The fourth-order valence-corrected chi connectivity index (χ4v) is 9.48. The smallest absolute Gasteiger partial charge is 0.456 e. The van der Waals surface area contributed by atoms with Crippen LogP contribution < -0.4 is 5.32 Å². The Morgan fingerprint density at radius 1 is 0.467 bits per heavy atom. The van der Waals surface area contributed by atoms with Crippen LogP contribution in [0, 0.1) is 0 Å². The summed E-state index contributed by atoms with van der Waals surface area (Å²) >= 11 is 0. The zero-order valence-electron chi connectivity index (χ0n) is 49.8. The van der Waals surface area contributed by atoms with Crippen molar-refractivity contribution in [3.05, 3.63) is 72.9 Å². The van der Waals surface area contributed by atoms with E-state index in [4.69, 9.17) is 13.8 Å². The highest BCUT2D eigenvalue weighted by molar-refractivity contribution is 7.47. The minimum atomic E-state index is -4.46. The Bertz CT molecular complexity index is 1510. The van der Waals surface area contributed by atoms with Crippen LogP contribution in [0.3, 0.4) is 0 Å². The maximum Gasteiger partial charge on any atom is 0.472 e. The normalized spacial score (nSPS) is 14.2. The predicted octanol–water partition coefficient (Wildman–Crippen LogP) is 19.2. The lowest BCUT2D eigenvalue weighted by Crippen LogP contribution is -2.47. The van der Waals surface area contributed by atoms with Crippen LogP contribution in [0.1, 0.15) is 278 Å². The first-order chi connectivity index (χ1) is 36.4. The van der Waals surface area contributed by atoms with E-state index in [1.807, 2.05) is 33.3 Å².